The Balaban J connectivity index is 2.20. The zero-order valence-corrected chi connectivity index (χ0v) is 18.9. The normalized spacial score (nSPS) is 22.6. The van der Waals surface area contributed by atoms with Crippen molar-refractivity contribution in [2.24, 2.45) is 16.7 Å². The van der Waals surface area contributed by atoms with Crippen LogP contribution in [0.3, 0.4) is 0 Å². The molecule has 0 radical (unpaired) electrons. The van der Waals surface area contributed by atoms with Gasteiger partial charge in [0.25, 0.3) is 0 Å². The number of ketones is 3. The number of hydrogen-bond acceptors (Lipinski definition) is 6. The molecule has 0 bridgehead atoms. The van der Waals surface area contributed by atoms with Crippen molar-refractivity contribution in [3.8, 4) is 5.75 Å². The summed E-state index contributed by atoms with van der Waals surface area (Å²) in [6.07, 6.45) is 0.994. The number of aliphatic hydroxyl groups excluding tert-OH is 2. The fraction of sp³-hybridized carbons (Fsp3) is 0.560. The summed E-state index contributed by atoms with van der Waals surface area (Å²) in [5.41, 5.74) is 0.365. The van der Waals surface area contributed by atoms with E-state index in [1.165, 1.54) is 7.11 Å². The highest BCUT2D eigenvalue weighted by Crippen LogP contribution is 2.47. The second kappa shape index (κ2) is 8.23. The predicted octanol–water partition coefficient (Wildman–Crippen LogP) is 4.05. The molecule has 0 aromatic heterocycles. The molecular formula is C25H32O6. The van der Waals surface area contributed by atoms with Gasteiger partial charge in [-0.25, -0.2) is 0 Å². The van der Waals surface area contributed by atoms with Crippen LogP contribution in [0.15, 0.2) is 29.5 Å². The minimum atomic E-state index is -1.03. The van der Waals surface area contributed by atoms with Crippen molar-refractivity contribution < 1.29 is 29.3 Å². The Kier molecular flexibility index (Phi) is 6.16. The van der Waals surface area contributed by atoms with Crippen LogP contribution in [0.25, 0.3) is 0 Å². The van der Waals surface area contributed by atoms with E-state index < -0.39 is 22.7 Å². The van der Waals surface area contributed by atoms with Crippen LogP contribution in [0, 0.1) is 16.7 Å². The van der Waals surface area contributed by atoms with Gasteiger partial charge in [0.1, 0.15) is 23.1 Å². The van der Waals surface area contributed by atoms with Crippen LogP contribution in [-0.2, 0) is 21.0 Å². The van der Waals surface area contributed by atoms with Gasteiger partial charge in [-0.05, 0) is 28.5 Å². The third-order valence-corrected chi connectivity index (χ3v) is 6.37. The molecule has 3 rings (SSSR count). The Labute approximate surface area is 183 Å². The van der Waals surface area contributed by atoms with Crippen molar-refractivity contribution in [1.82, 2.24) is 0 Å². The highest BCUT2D eigenvalue weighted by molar-refractivity contribution is 6.09. The Morgan fingerprint density at radius 3 is 2.10 bits per heavy atom. The van der Waals surface area contributed by atoms with Crippen LogP contribution < -0.4 is 4.74 Å². The van der Waals surface area contributed by atoms with Crippen LogP contribution in [0.4, 0.5) is 0 Å². The van der Waals surface area contributed by atoms with Crippen molar-refractivity contribution in [3.05, 3.63) is 40.7 Å². The largest absolute Gasteiger partial charge is 0.512 e. The average molecular weight is 429 g/mol. The predicted molar refractivity (Wildman–Crippen MR) is 116 cm³/mol. The molecule has 0 unspecified atom stereocenters. The summed E-state index contributed by atoms with van der Waals surface area (Å²) in [5, 5.41) is 20.7. The lowest BCUT2D eigenvalue weighted by Crippen LogP contribution is -2.43. The first kappa shape index (κ1) is 23.2. The van der Waals surface area contributed by atoms with Gasteiger partial charge in [0.2, 0.25) is 0 Å². The van der Waals surface area contributed by atoms with Crippen molar-refractivity contribution in [1.29, 1.82) is 0 Å². The highest BCUT2D eigenvalue weighted by Gasteiger charge is 2.48. The monoisotopic (exact) mass is 428 g/mol. The van der Waals surface area contributed by atoms with Crippen molar-refractivity contribution in [3.63, 3.8) is 0 Å². The first-order valence-electron chi connectivity index (χ1n) is 10.7. The number of allylic oxidation sites excluding steroid dienone is 2. The molecule has 0 aliphatic heterocycles. The van der Waals surface area contributed by atoms with Crippen molar-refractivity contribution in [2.75, 3.05) is 7.11 Å². The van der Waals surface area contributed by atoms with Gasteiger partial charge in [0.05, 0.1) is 19.6 Å². The van der Waals surface area contributed by atoms with Crippen LogP contribution in [0.5, 0.6) is 5.75 Å². The summed E-state index contributed by atoms with van der Waals surface area (Å²) in [7, 11) is 1.49. The average Bonchev–Trinajstić information content (AvgIpc) is 2.63. The zero-order valence-electron chi connectivity index (χ0n) is 18.9. The fourth-order valence-corrected chi connectivity index (χ4v) is 5.07. The molecule has 1 aromatic rings. The van der Waals surface area contributed by atoms with Gasteiger partial charge in [-0.15, -0.1) is 0 Å². The van der Waals surface area contributed by atoms with E-state index in [1.54, 1.807) is 18.2 Å². The van der Waals surface area contributed by atoms with Crippen molar-refractivity contribution in [2.45, 2.75) is 65.9 Å². The van der Waals surface area contributed by atoms with E-state index in [-0.39, 0.29) is 54.6 Å². The molecule has 6 heteroatoms. The highest BCUT2D eigenvalue weighted by atomic mass is 16.5. The van der Waals surface area contributed by atoms with E-state index in [0.29, 0.717) is 23.3 Å². The number of carbonyl (C=O) groups is 3. The second-order valence-electron chi connectivity index (χ2n) is 10.4. The van der Waals surface area contributed by atoms with Gasteiger partial charge in [0.15, 0.2) is 5.78 Å². The third kappa shape index (κ3) is 4.59. The second-order valence-corrected chi connectivity index (χ2v) is 10.4. The minimum Gasteiger partial charge on any atom is -0.512 e. The van der Waals surface area contributed by atoms with E-state index in [9.17, 15) is 24.6 Å². The summed E-state index contributed by atoms with van der Waals surface area (Å²) in [6.45, 7) is 7.29. The molecule has 0 spiro atoms. The van der Waals surface area contributed by atoms with Crippen LogP contribution in [-0.4, -0.2) is 34.7 Å². The van der Waals surface area contributed by atoms with E-state index in [2.05, 4.69) is 0 Å². The number of aliphatic hydroxyl groups is 2. The molecule has 168 valence electrons. The molecule has 0 amide bonds. The van der Waals surface area contributed by atoms with E-state index in [1.807, 2.05) is 27.7 Å². The quantitative estimate of drug-likeness (QED) is 0.686. The first-order chi connectivity index (χ1) is 14.4. The van der Waals surface area contributed by atoms with Gasteiger partial charge in [-0.1, -0.05) is 33.8 Å². The summed E-state index contributed by atoms with van der Waals surface area (Å²) >= 11 is 0. The molecule has 1 fully saturated rings. The van der Waals surface area contributed by atoms with Gasteiger partial charge in [0, 0.05) is 42.7 Å². The Bertz CT molecular complexity index is 933. The van der Waals surface area contributed by atoms with Crippen LogP contribution in [0.2, 0.25) is 0 Å². The maximum absolute atomic E-state index is 13.2. The molecule has 1 saturated carbocycles. The molecular weight excluding hydrogens is 396 g/mol. The van der Waals surface area contributed by atoms with Crippen LogP contribution in [0.1, 0.15) is 70.4 Å². The Morgan fingerprint density at radius 1 is 1.00 bits per heavy atom. The number of rotatable bonds is 5. The van der Waals surface area contributed by atoms with E-state index in [4.69, 9.17) is 4.74 Å². The number of benzene rings is 1. The SMILES string of the molecule is COc1ccc([C@@H](C2=C(O)CC(C)(C)CC2=O)C2C(=O)CC(C)(C)CC2=O)cc1CO. The topological polar surface area (TPSA) is 101 Å². The Hall–Kier alpha value is -2.47. The molecule has 2 aliphatic rings. The van der Waals surface area contributed by atoms with Crippen molar-refractivity contribution >= 4 is 17.3 Å². The summed E-state index contributed by atoms with van der Waals surface area (Å²) < 4.78 is 5.28. The standard InChI is InChI=1S/C25H32O6/c1-24(2)9-16(27)22(17(28)10-24)21(14-6-7-20(31-5)15(8-14)13-26)23-18(29)11-25(3,4)12-19(23)30/h6-8,21-22,26,29H,9-13H2,1-5H3/t21-/m1/s1. The number of carbonyl (C=O) groups excluding carboxylic acids is 3. The Morgan fingerprint density at radius 2 is 1.58 bits per heavy atom. The number of hydrogen-bond donors (Lipinski definition) is 2. The zero-order chi connectivity index (χ0) is 23.1. The lowest BCUT2D eigenvalue weighted by atomic mass is 9.62. The summed E-state index contributed by atoms with van der Waals surface area (Å²) in [6, 6.07) is 5.03. The molecule has 1 atom stereocenters. The van der Waals surface area contributed by atoms with Gasteiger partial charge >= 0.3 is 0 Å². The van der Waals surface area contributed by atoms with E-state index in [0.717, 1.165) is 0 Å². The molecule has 6 nitrogen and oxygen atoms in total. The summed E-state index contributed by atoms with van der Waals surface area (Å²) in [4.78, 5) is 39.6. The molecule has 2 aliphatic carbocycles. The number of Topliss-reactive ketones (excluding diaryl/α,β-unsaturated/α-hetero) is 3. The lowest BCUT2D eigenvalue weighted by Gasteiger charge is -2.39. The maximum atomic E-state index is 13.2. The molecule has 0 saturated heterocycles. The van der Waals surface area contributed by atoms with Gasteiger partial charge in [-0.2, -0.15) is 0 Å². The summed E-state index contributed by atoms with van der Waals surface area (Å²) in [5.74, 6) is -2.17. The van der Waals surface area contributed by atoms with E-state index >= 15 is 0 Å². The minimum absolute atomic E-state index is 0.0574. The smallest absolute Gasteiger partial charge is 0.163 e. The maximum Gasteiger partial charge on any atom is 0.163 e. The molecule has 31 heavy (non-hydrogen) atoms. The molecule has 1 aromatic carbocycles. The first-order valence-corrected chi connectivity index (χ1v) is 10.7. The van der Waals surface area contributed by atoms with Gasteiger partial charge in [-0.3, -0.25) is 14.4 Å². The van der Waals surface area contributed by atoms with Gasteiger partial charge < -0.3 is 14.9 Å². The number of methoxy groups -OCH3 is 1. The molecule has 2 N–H and O–H groups in total. The third-order valence-electron chi connectivity index (χ3n) is 6.37. The fourth-order valence-electron chi connectivity index (χ4n) is 5.07. The number of ether oxygens (including phenoxy) is 1. The molecule has 0 heterocycles. The van der Waals surface area contributed by atoms with Crippen LogP contribution >= 0.6 is 0 Å². The lowest BCUT2D eigenvalue weighted by molar-refractivity contribution is -0.140.